The molecule has 1 heterocycles. The number of carboxylic acid groups (broad SMARTS) is 1. The van der Waals surface area contributed by atoms with Crippen molar-refractivity contribution in [2.45, 2.75) is 76.1 Å². The largest absolute Gasteiger partial charge is 0.481 e. The molecule has 5 heteroatoms. The first-order valence-corrected chi connectivity index (χ1v) is 10.00. The highest BCUT2D eigenvalue weighted by atomic mass is 16.5. The second-order valence-electron chi connectivity index (χ2n) is 7.82. The van der Waals surface area contributed by atoms with Crippen molar-refractivity contribution < 1.29 is 24.9 Å². The normalized spacial score (nSPS) is 32.9. The maximum absolute atomic E-state index is 10.7. The van der Waals surface area contributed by atoms with Gasteiger partial charge in [0.2, 0.25) is 0 Å². The Labute approximate surface area is 156 Å². The van der Waals surface area contributed by atoms with Gasteiger partial charge in [-0.25, -0.2) is 0 Å². The van der Waals surface area contributed by atoms with Crippen LogP contribution in [0.5, 0.6) is 0 Å². The molecular weight excluding hydrogens is 332 g/mol. The number of aliphatic hydroxyl groups is 2. The SMILES string of the molecule is C=CCCCC(O)/C=C/[C@@H]1[C@H]2CC[C@H](CCCC(=O)O)CO[C@H]2C[C@H]1O. The van der Waals surface area contributed by atoms with E-state index in [1.807, 2.05) is 18.2 Å². The van der Waals surface area contributed by atoms with E-state index in [4.69, 9.17) is 9.84 Å². The number of unbranched alkanes of at least 4 members (excludes halogenated alkanes) is 1. The van der Waals surface area contributed by atoms with E-state index in [0.29, 0.717) is 31.8 Å². The molecule has 2 rings (SSSR count). The molecule has 1 unspecified atom stereocenters. The number of hydrogen-bond donors (Lipinski definition) is 3. The van der Waals surface area contributed by atoms with E-state index < -0.39 is 18.2 Å². The van der Waals surface area contributed by atoms with Gasteiger partial charge in [-0.1, -0.05) is 18.2 Å². The molecule has 0 aromatic carbocycles. The van der Waals surface area contributed by atoms with E-state index in [9.17, 15) is 15.0 Å². The number of aliphatic hydroxyl groups excluding tert-OH is 2. The minimum Gasteiger partial charge on any atom is -0.481 e. The van der Waals surface area contributed by atoms with Crippen molar-refractivity contribution in [3.8, 4) is 0 Å². The molecule has 1 aliphatic heterocycles. The number of hydrogen-bond acceptors (Lipinski definition) is 4. The molecule has 1 saturated heterocycles. The summed E-state index contributed by atoms with van der Waals surface area (Å²) in [5.41, 5.74) is 0. The summed E-state index contributed by atoms with van der Waals surface area (Å²) in [5.74, 6) is -0.0134. The van der Waals surface area contributed by atoms with Gasteiger partial charge in [0.15, 0.2) is 0 Å². The molecule has 148 valence electrons. The summed E-state index contributed by atoms with van der Waals surface area (Å²) >= 11 is 0. The number of allylic oxidation sites excluding steroid dienone is 1. The maximum atomic E-state index is 10.7. The molecule has 5 nitrogen and oxygen atoms in total. The Morgan fingerprint density at radius 3 is 2.85 bits per heavy atom. The number of aliphatic carboxylic acids is 1. The second-order valence-corrected chi connectivity index (χ2v) is 7.82. The van der Waals surface area contributed by atoms with Gasteiger partial charge in [-0.15, -0.1) is 6.58 Å². The monoisotopic (exact) mass is 366 g/mol. The molecule has 0 aromatic rings. The van der Waals surface area contributed by atoms with Gasteiger partial charge in [0.1, 0.15) is 0 Å². The van der Waals surface area contributed by atoms with Crippen LogP contribution in [0.4, 0.5) is 0 Å². The van der Waals surface area contributed by atoms with E-state index in [0.717, 1.165) is 32.1 Å². The Bertz CT molecular complexity index is 475. The van der Waals surface area contributed by atoms with Crippen LogP contribution in [0.25, 0.3) is 0 Å². The molecule has 26 heavy (non-hydrogen) atoms. The van der Waals surface area contributed by atoms with Gasteiger partial charge in [-0.2, -0.15) is 0 Å². The summed E-state index contributed by atoms with van der Waals surface area (Å²) < 4.78 is 6.07. The topological polar surface area (TPSA) is 87.0 Å². The Balaban J connectivity index is 1.84. The lowest BCUT2D eigenvalue weighted by Crippen LogP contribution is -2.21. The number of carboxylic acids is 1. The highest BCUT2D eigenvalue weighted by molar-refractivity contribution is 5.66. The fourth-order valence-corrected chi connectivity index (χ4v) is 4.31. The minimum absolute atomic E-state index is 0.0341. The van der Waals surface area contributed by atoms with Crippen molar-refractivity contribution >= 4 is 5.97 Å². The number of carbonyl (C=O) groups is 1. The number of ether oxygens (including phenoxy) is 1. The number of rotatable bonds is 10. The Kier molecular flexibility index (Phi) is 8.82. The molecule has 0 bridgehead atoms. The van der Waals surface area contributed by atoms with Gasteiger partial charge < -0.3 is 20.1 Å². The minimum atomic E-state index is -0.739. The van der Waals surface area contributed by atoms with Gasteiger partial charge in [0.05, 0.1) is 18.3 Å². The van der Waals surface area contributed by atoms with Crippen LogP contribution in [-0.4, -0.2) is 46.2 Å². The van der Waals surface area contributed by atoms with Crippen LogP contribution in [0.15, 0.2) is 24.8 Å². The third-order valence-corrected chi connectivity index (χ3v) is 5.81. The van der Waals surface area contributed by atoms with Crippen LogP contribution in [0.2, 0.25) is 0 Å². The lowest BCUT2D eigenvalue weighted by molar-refractivity contribution is -0.137. The van der Waals surface area contributed by atoms with Crippen molar-refractivity contribution in [3.63, 3.8) is 0 Å². The third-order valence-electron chi connectivity index (χ3n) is 5.81. The van der Waals surface area contributed by atoms with Crippen LogP contribution in [0.1, 0.15) is 57.8 Å². The van der Waals surface area contributed by atoms with Crippen molar-refractivity contribution in [3.05, 3.63) is 24.8 Å². The molecule has 0 aromatic heterocycles. The quantitative estimate of drug-likeness (QED) is 0.408. The fraction of sp³-hybridized carbons (Fsp3) is 0.762. The van der Waals surface area contributed by atoms with Crippen molar-refractivity contribution in [1.82, 2.24) is 0 Å². The summed E-state index contributed by atoms with van der Waals surface area (Å²) in [6.45, 7) is 4.35. The van der Waals surface area contributed by atoms with Crippen LogP contribution in [0.3, 0.4) is 0 Å². The zero-order valence-electron chi connectivity index (χ0n) is 15.6. The zero-order valence-corrected chi connectivity index (χ0v) is 15.6. The van der Waals surface area contributed by atoms with E-state index in [2.05, 4.69) is 6.58 Å². The molecule has 2 aliphatic rings. The Morgan fingerprint density at radius 2 is 2.12 bits per heavy atom. The third kappa shape index (κ3) is 6.53. The second kappa shape index (κ2) is 10.9. The average Bonchev–Trinajstić information content (AvgIpc) is 2.75. The molecule has 0 radical (unpaired) electrons. The van der Waals surface area contributed by atoms with E-state index in [-0.39, 0.29) is 24.4 Å². The summed E-state index contributed by atoms with van der Waals surface area (Å²) in [4.78, 5) is 10.7. The molecule has 1 aliphatic carbocycles. The molecule has 0 spiro atoms. The molecule has 0 amide bonds. The Morgan fingerprint density at radius 1 is 1.31 bits per heavy atom. The predicted octanol–water partition coefficient (Wildman–Crippen LogP) is 3.31. The molecule has 2 fully saturated rings. The van der Waals surface area contributed by atoms with Gasteiger partial charge in [-0.05, 0) is 56.8 Å². The van der Waals surface area contributed by atoms with Gasteiger partial charge in [0.25, 0.3) is 0 Å². The first-order valence-electron chi connectivity index (χ1n) is 10.00. The van der Waals surface area contributed by atoms with Gasteiger partial charge in [0, 0.05) is 25.4 Å². The smallest absolute Gasteiger partial charge is 0.303 e. The van der Waals surface area contributed by atoms with Crippen LogP contribution < -0.4 is 0 Å². The summed E-state index contributed by atoms with van der Waals surface area (Å²) in [5, 5.41) is 29.3. The standard InChI is InChI=1S/C21H34O5/c1-2-3-4-7-16(22)10-12-17-18-11-9-15(6-5-8-21(24)25)14-26-20(18)13-19(17)23/h2,10,12,15-20,22-23H,1,3-9,11,13-14H2,(H,24,25)/b12-10+/t15-,16?,17+,18+,19+,20-/m0/s1. The molecule has 3 N–H and O–H groups in total. The first kappa shape index (κ1) is 21.1. The van der Waals surface area contributed by atoms with E-state index in [1.165, 1.54) is 0 Å². The average molecular weight is 366 g/mol. The van der Waals surface area contributed by atoms with Crippen LogP contribution >= 0.6 is 0 Å². The van der Waals surface area contributed by atoms with Crippen LogP contribution in [-0.2, 0) is 9.53 Å². The van der Waals surface area contributed by atoms with Crippen molar-refractivity contribution in [2.75, 3.05) is 6.61 Å². The maximum Gasteiger partial charge on any atom is 0.303 e. The van der Waals surface area contributed by atoms with Crippen molar-refractivity contribution in [2.24, 2.45) is 17.8 Å². The van der Waals surface area contributed by atoms with Crippen molar-refractivity contribution in [1.29, 1.82) is 0 Å². The number of fused-ring (bicyclic) bond motifs is 1. The molecular formula is C21H34O5. The Hall–Kier alpha value is -1.17. The van der Waals surface area contributed by atoms with Crippen LogP contribution in [0, 0.1) is 17.8 Å². The lowest BCUT2D eigenvalue weighted by atomic mass is 9.86. The lowest BCUT2D eigenvalue weighted by Gasteiger charge is -2.21. The van der Waals surface area contributed by atoms with Gasteiger partial charge >= 0.3 is 5.97 Å². The fourth-order valence-electron chi connectivity index (χ4n) is 4.31. The zero-order chi connectivity index (χ0) is 18.9. The first-order chi connectivity index (χ1) is 12.5. The molecule has 6 atom stereocenters. The summed E-state index contributed by atoms with van der Waals surface area (Å²) in [6, 6.07) is 0. The summed E-state index contributed by atoms with van der Waals surface area (Å²) in [7, 11) is 0. The van der Waals surface area contributed by atoms with E-state index >= 15 is 0 Å². The predicted molar refractivity (Wildman–Crippen MR) is 101 cm³/mol. The highest BCUT2D eigenvalue weighted by Gasteiger charge is 2.43. The van der Waals surface area contributed by atoms with E-state index in [1.54, 1.807) is 0 Å². The highest BCUT2D eigenvalue weighted by Crippen LogP contribution is 2.42. The molecule has 1 saturated carbocycles. The summed E-state index contributed by atoms with van der Waals surface area (Å²) in [6.07, 6.45) is 11.8. The van der Waals surface area contributed by atoms with Gasteiger partial charge in [-0.3, -0.25) is 4.79 Å².